The van der Waals surface area contributed by atoms with Crippen LogP contribution in [0, 0.1) is 5.92 Å². The summed E-state index contributed by atoms with van der Waals surface area (Å²) in [5, 5.41) is 21.6. The van der Waals surface area contributed by atoms with E-state index < -0.39 is 17.9 Å². The van der Waals surface area contributed by atoms with Crippen molar-refractivity contribution in [2.75, 3.05) is 0 Å². The van der Waals surface area contributed by atoms with Gasteiger partial charge in [0, 0.05) is 24.3 Å². The number of aryl methyl sites for hydroxylation is 1. The fraction of sp³-hybridized carbons (Fsp3) is 0.348. The van der Waals surface area contributed by atoms with Crippen molar-refractivity contribution in [3.8, 4) is 0 Å². The van der Waals surface area contributed by atoms with Crippen molar-refractivity contribution in [1.82, 2.24) is 9.55 Å². The molecule has 2 heterocycles. The molecule has 0 bridgehead atoms. The zero-order chi connectivity index (χ0) is 22.4. The van der Waals surface area contributed by atoms with E-state index >= 15 is 0 Å². The minimum atomic E-state index is -1.00. The van der Waals surface area contributed by atoms with Crippen LogP contribution in [0.3, 0.4) is 0 Å². The van der Waals surface area contributed by atoms with Crippen LogP contribution in [-0.2, 0) is 30.6 Å². The lowest BCUT2D eigenvalue weighted by Gasteiger charge is -2.17. The molecule has 1 atom stereocenters. The number of nitrogens with zero attached hydrogens (tertiary/aromatic N) is 2. The van der Waals surface area contributed by atoms with E-state index in [-0.39, 0.29) is 23.7 Å². The van der Waals surface area contributed by atoms with E-state index in [4.69, 9.17) is 11.6 Å². The molecule has 1 unspecified atom stereocenters. The van der Waals surface area contributed by atoms with E-state index in [1.807, 2.05) is 22.1 Å². The van der Waals surface area contributed by atoms with Crippen LogP contribution in [0.25, 0.3) is 0 Å². The van der Waals surface area contributed by atoms with Crippen molar-refractivity contribution in [2.45, 2.75) is 45.6 Å². The Morgan fingerprint density at radius 2 is 1.94 bits per heavy atom. The highest BCUT2D eigenvalue weighted by atomic mass is 35.5. The summed E-state index contributed by atoms with van der Waals surface area (Å²) in [5.41, 5.74) is 1.48. The first kappa shape index (κ1) is 23.0. The van der Waals surface area contributed by atoms with Gasteiger partial charge in [0.25, 0.3) is 0 Å². The van der Waals surface area contributed by atoms with Gasteiger partial charge in [0.15, 0.2) is 5.15 Å². The summed E-state index contributed by atoms with van der Waals surface area (Å²) in [6, 6.07) is 10.7. The second-order valence-electron chi connectivity index (χ2n) is 7.44. The topological polar surface area (TPSA) is 92.4 Å². The van der Waals surface area contributed by atoms with Crippen LogP contribution in [0.5, 0.6) is 0 Å². The minimum absolute atomic E-state index is 0.216. The highest BCUT2D eigenvalue weighted by molar-refractivity contribution is 7.09. The summed E-state index contributed by atoms with van der Waals surface area (Å²) < 4.78 is 1.91. The predicted octanol–water partition coefficient (Wildman–Crippen LogP) is 5.17. The fourth-order valence-electron chi connectivity index (χ4n) is 3.60. The van der Waals surface area contributed by atoms with Crippen molar-refractivity contribution >= 4 is 34.9 Å². The Morgan fingerprint density at radius 3 is 2.58 bits per heavy atom. The SMILES string of the molecule is CCCCc1nc(Cl)c(CC(Cc2cccs2)C(=O)O)n1Cc1ccccc1C(=O)O. The third kappa shape index (κ3) is 5.74. The zero-order valence-corrected chi connectivity index (χ0v) is 18.8. The van der Waals surface area contributed by atoms with Crippen molar-refractivity contribution in [3.05, 3.63) is 74.5 Å². The second-order valence-corrected chi connectivity index (χ2v) is 8.83. The Hall–Kier alpha value is -2.64. The number of halogens is 1. The number of aliphatic carboxylic acids is 1. The molecule has 3 aromatic rings. The van der Waals surface area contributed by atoms with E-state index in [1.165, 1.54) is 11.3 Å². The van der Waals surface area contributed by atoms with Crippen LogP contribution in [0.4, 0.5) is 0 Å². The molecule has 0 aliphatic rings. The third-order valence-electron chi connectivity index (χ3n) is 5.25. The number of aromatic nitrogens is 2. The predicted molar refractivity (Wildman–Crippen MR) is 121 cm³/mol. The Bertz CT molecular complexity index is 1050. The van der Waals surface area contributed by atoms with E-state index in [1.54, 1.807) is 24.3 Å². The zero-order valence-electron chi connectivity index (χ0n) is 17.3. The molecule has 0 saturated heterocycles. The van der Waals surface area contributed by atoms with E-state index in [0.29, 0.717) is 24.1 Å². The fourth-order valence-corrected chi connectivity index (χ4v) is 4.66. The van der Waals surface area contributed by atoms with Gasteiger partial charge in [-0.05, 0) is 35.9 Å². The number of unbranched alkanes of at least 4 members (excludes halogenated alkanes) is 1. The summed E-state index contributed by atoms with van der Waals surface area (Å²) in [5.74, 6) is -1.79. The van der Waals surface area contributed by atoms with E-state index in [2.05, 4.69) is 11.9 Å². The molecule has 0 fully saturated rings. The first-order valence-electron chi connectivity index (χ1n) is 10.2. The molecule has 1 aromatic carbocycles. The standard InChI is InChI=1S/C23H25ClN2O4S/c1-2-3-10-20-25-21(24)19(13-16(22(27)28)12-17-8-6-11-31-17)26(20)14-15-7-4-5-9-18(15)23(29)30/h4-9,11,16H,2-3,10,12-14H2,1H3,(H,27,28)(H,29,30). The summed E-state index contributed by atoms with van der Waals surface area (Å²) in [4.78, 5) is 29.2. The number of aromatic carboxylic acids is 1. The number of carboxylic acids is 2. The monoisotopic (exact) mass is 460 g/mol. The highest BCUT2D eigenvalue weighted by Gasteiger charge is 2.25. The molecule has 2 N–H and O–H groups in total. The first-order valence-corrected chi connectivity index (χ1v) is 11.5. The second kappa shape index (κ2) is 10.6. The van der Waals surface area contributed by atoms with Gasteiger partial charge in [0.2, 0.25) is 0 Å². The molecule has 0 saturated carbocycles. The van der Waals surface area contributed by atoms with Gasteiger partial charge in [-0.15, -0.1) is 11.3 Å². The van der Waals surface area contributed by atoms with Crippen molar-refractivity contribution < 1.29 is 19.8 Å². The van der Waals surface area contributed by atoms with Crippen LogP contribution >= 0.6 is 22.9 Å². The molecular weight excluding hydrogens is 436 g/mol. The highest BCUT2D eigenvalue weighted by Crippen LogP contribution is 2.27. The smallest absolute Gasteiger partial charge is 0.336 e. The van der Waals surface area contributed by atoms with Crippen molar-refractivity contribution in [2.24, 2.45) is 5.92 Å². The Morgan fingerprint density at radius 1 is 1.16 bits per heavy atom. The maximum Gasteiger partial charge on any atom is 0.336 e. The van der Waals surface area contributed by atoms with E-state index in [9.17, 15) is 19.8 Å². The Balaban J connectivity index is 1.98. The van der Waals surface area contributed by atoms with Crippen LogP contribution in [0.2, 0.25) is 5.15 Å². The number of benzene rings is 1. The van der Waals surface area contributed by atoms with Gasteiger partial charge < -0.3 is 14.8 Å². The molecule has 164 valence electrons. The molecule has 2 aromatic heterocycles. The molecule has 3 rings (SSSR count). The van der Waals surface area contributed by atoms with Gasteiger partial charge in [-0.2, -0.15) is 0 Å². The van der Waals surface area contributed by atoms with E-state index in [0.717, 1.165) is 23.5 Å². The quantitative estimate of drug-likeness (QED) is 0.411. The number of hydrogen-bond acceptors (Lipinski definition) is 4. The lowest BCUT2D eigenvalue weighted by Crippen LogP contribution is -2.21. The summed E-state index contributed by atoms with van der Waals surface area (Å²) in [6.07, 6.45) is 3.20. The Labute approximate surface area is 190 Å². The number of rotatable bonds is 11. The van der Waals surface area contributed by atoms with Crippen LogP contribution < -0.4 is 0 Å². The van der Waals surface area contributed by atoms with Gasteiger partial charge >= 0.3 is 11.9 Å². The number of carboxylic acid groups (broad SMARTS) is 2. The average Bonchev–Trinajstić information content (AvgIpc) is 3.35. The molecule has 6 nitrogen and oxygen atoms in total. The number of carbonyl (C=O) groups is 2. The molecule has 0 aliphatic carbocycles. The van der Waals surface area contributed by atoms with Gasteiger partial charge in [0.1, 0.15) is 5.82 Å². The lowest BCUT2D eigenvalue weighted by molar-refractivity contribution is -0.141. The molecule has 0 spiro atoms. The largest absolute Gasteiger partial charge is 0.481 e. The summed E-state index contributed by atoms with van der Waals surface area (Å²) in [6.45, 7) is 2.36. The maximum absolute atomic E-state index is 12.0. The number of hydrogen-bond donors (Lipinski definition) is 2. The minimum Gasteiger partial charge on any atom is -0.481 e. The molecule has 8 heteroatoms. The summed E-state index contributed by atoms with van der Waals surface area (Å²) in [7, 11) is 0. The van der Waals surface area contributed by atoms with Gasteiger partial charge in [-0.1, -0.05) is 49.2 Å². The van der Waals surface area contributed by atoms with Crippen LogP contribution in [0.1, 0.15) is 52.1 Å². The molecule has 0 radical (unpaired) electrons. The van der Waals surface area contributed by atoms with Gasteiger partial charge in [-0.3, -0.25) is 4.79 Å². The molecule has 31 heavy (non-hydrogen) atoms. The van der Waals surface area contributed by atoms with Crippen LogP contribution in [-0.4, -0.2) is 31.7 Å². The molecular formula is C23H25ClN2O4S. The van der Waals surface area contributed by atoms with Gasteiger partial charge in [0.05, 0.1) is 17.2 Å². The normalized spacial score (nSPS) is 12.1. The van der Waals surface area contributed by atoms with Crippen molar-refractivity contribution in [1.29, 1.82) is 0 Å². The molecule has 0 aliphatic heterocycles. The number of imidazole rings is 1. The Kier molecular flexibility index (Phi) is 7.87. The average molecular weight is 461 g/mol. The third-order valence-corrected chi connectivity index (χ3v) is 6.45. The van der Waals surface area contributed by atoms with Crippen molar-refractivity contribution in [3.63, 3.8) is 0 Å². The number of thiophene rings is 1. The van der Waals surface area contributed by atoms with Gasteiger partial charge in [-0.25, -0.2) is 9.78 Å². The lowest BCUT2D eigenvalue weighted by atomic mass is 9.98. The van der Waals surface area contributed by atoms with Crippen LogP contribution in [0.15, 0.2) is 41.8 Å². The summed E-state index contributed by atoms with van der Waals surface area (Å²) >= 11 is 8.02. The maximum atomic E-state index is 12.0. The molecule has 0 amide bonds. The first-order chi connectivity index (χ1) is 14.9.